The van der Waals surface area contributed by atoms with E-state index in [-0.39, 0.29) is 35.4 Å². The topological polar surface area (TPSA) is 101 Å². The van der Waals surface area contributed by atoms with Gasteiger partial charge in [-0.15, -0.1) is 0 Å². The molecule has 2 aromatic carbocycles. The molecule has 0 amide bonds. The van der Waals surface area contributed by atoms with Gasteiger partial charge in [-0.1, -0.05) is 0 Å². The van der Waals surface area contributed by atoms with Gasteiger partial charge in [0, 0.05) is 40.9 Å². The van der Waals surface area contributed by atoms with Crippen LogP contribution >= 0.6 is 0 Å². The van der Waals surface area contributed by atoms with E-state index in [9.17, 15) is 15.0 Å². The number of rotatable bonds is 1. The van der Waals surface area contributed by atoms with E-state index < -0.39 is 5.78 Å². The van der Waals surface area contributed by atoms with Gasteiger partial charge in [0.2, 0.25) is 12.6 Å². The monoisotopic (exact) mass is 337 g/mol. The largest absolute Gasteiger partial charge is 0.508 e. The van der Waals surface area contributed by atoms with Gasteiger partial charge < -0.3 is 29.4 Å². The zero-order chi connectivity index (χ0) is 17.1. The van der Waals surface area contributed by atoms with Gasteiger partial charge >= 0.3 is 0 Å². The minimum absolute atomic E-state index is 0.0431. The molecule has 0 spiro atoms. The first-order valence-corrected chi connectivity index (χ1v) is 7.51. The van der Waals surface area contributed by atoms with Crippen molar-refractivity contribution in [3.05, 3.63) is 47.3 Å². The third-order valence-corrected chi connectivity index (χ3v) is 4.23. The zero-order valence-electron chi connectivity index (χ0n) is 12.7. The summed E-state index contributed by atoms with van der Waals surface area (Å²) in [6.45, 7) is 0.179. The molecule has 0 saturated carbocycles. The molecule has 3 aromatic rings. The number of phenols is 2. The Hall–Kier alpha value is -3.61. The van der Waals surface area contributed by atoms with Gasteiger partial charge in [-0.2, -0.15) is 0 Å². The molecule has 5 rings (SSSR count). The Morgan fingerprint density at radius 2 is 1.84 bits per heavy atom. The van der Waals surface area contributed by atoms with Crippen molar-refractivity contribution in [2.24, 2.45) is 0 Å². The van der Waals surface area contributed by atoms with E-state index in [2.05, 4.69) is 4.98 Å². The molecule has 3 N–H and O–H groups in total. The number of ketones is 1. The number of fused-ring (bicyclic) bond motifs is 3. The Kier molecular flexibility index (Phi) is 2.59. The third-order valence-electron chi connectivity index (χ3n) is 4.23. The fraction of sp³-hybridized carbons (Fsp3) is 0.0556. The highest BCUT2D eigenvalue weighted by Gasteiger charge is 2.31. The average Bonchev–Trinajstić information content (AvgIpc) is 3.24. The van der Waals surface area contributed by atoms with E-state index in [4.69, 9.17) is 14.2 Å². The van der Waals surface area contributed by atoms with Gasteiger partial charge in [0.05, 0.1) is 0 Å². The predicted molar refractivity (Wildman–Crippen MR) is 87.1 cm³/mol. The van der Waals surface area contributed by atoms with Gasteiger partial charge in [0.25, 0.3) is 0 Å². The van der Waals surface area contributed by atoms with Crippen molar-refractivity contribution < 1.29 is 29.2 Å². The summed E-state index contributed by atoms with van der Waals surface area (Å²) in [5, 5.41) is 20.3. The van der Waals surface area contributed by atoms with E-state index in [1.807, 2.05) is 12.1 Å². The standard InChI is InChI=1S/C18H11NO6/c20-9-2-12(21)17-15(3-9)25-16(18(17)22)1-8-6-19-11-5-14-13(4-10(8)11)23-7-24-14/h1-6,19-21H,7H2/b16-1+. The SMILES string of the molecule is O=C1/C(=C\c2c[nH]c3cc4c(cc23)OCO4)Oc2cc(O)cc(O)c21. The molecule has 0 unspecified atom stereocenters. The van der Waals surface area contributed by atoms with E-state index >= 15 is 0 Å². The van der Waals surface area contributed by atoms with Gasteiger partial charge in [0.1, 0.15) is 22.8 Å². The lowest BCUT2D eigenvalue weighted by Crippen LogP contribution is -1.98. The molecule has 7 nitrogen and oxygen atoms in total. The smallest absolute Gasteiger partial charge is 0.235 e. The van der Waals surface area contributed by atoms with Crippen LogP contribution in [0.4, 0.5) is 0 Å². The Bertz CT molecular complexity index is 1090. The van der Waals surface area contributed by atoms with E-state index in [1.165, 1.54) is 6.07 Å². The lowest BCUT2D eigenvalue weighted by atomic mass is 10.1. The first kappa shape index (κ1) is 13.8. The highest BCUT2D eigenvalue weighted by Crippen LogP contribution is 2.42. The summed E-state index contributed by atoms with van der Waals surface area (Å²) in [6.07, 6.45) is 3.32. The number of Topliss-reactive ketones (excluding diaryl/α,β-unsaturated/α-hetero) is 1. The fourth-order valence-corrected chi connectivity index (χ4v) is 3.07. The molecule has 0 radical (unpaired) electrons. The zero-order valence-corrected chi connectivity index (χ0v) is 12.7. The number of benzene rings is 2. The summed E-state index contributed by atoms with van der Waals surface area (Å²) in [5.74, 6) is 0.560. The van der Waals surface area contributed by atoms with Crippen LogP contribution in [0.1, 0.15) is 15.9 Å². The number of aromatic nitrogens is 1. The molecule has 25 heavy (non-hydrogen) atoms. The lowest BCUT2D eigenvalue weighted by Gasteiger charge is -2.00. The van der Waals surface area contributed by atoms with Gasteiger partial charge in [-0.3, -0.25) is 4.79 Å². The Morgan fingerprint density at radius 1 is 1.04 bits per heavy atom. The number of aromatic hydroxyl groups is 2. The number of phenolic OH excluding ortho intramolecular Hbond substituents is 2. The predicted octanol–water partition coefficient (Wildman–Crippen LogP) is 2.92. The van der Waals surface area contributed by atoms with Crippen LogP contribution in [0.3, 0.4) is 0 Å². The van der Waals surface area contributed by atoms with E-state index in [1.54, 1.807) is 12.3 Å². The molecule has 0 fully saturated rings. The number of hydrogen-bond acceptors (Lipinski definition) is 6. The molecule has 7 heteroatoms. The quantitative estimate of drug-likeness (QED) is 0.590. The van der Waals surface area contributed by atoms with Crippen molar-refractivity contribution in [2.45, 2.75) is 0 Å². The Balaban J connectivity index is 1.61. The van der Waals surface area contributed by atoms with Crippen molar-refractivity contribution in [1.29, 1.82) is 0 Å². The summed E-state index contributed by atoms with van der Waals surface area (Å²) in [5.41, 5.74) is 1.61. The fourth-order valence-electron chi connectivity index (χ4n) is 3.07. The number of carbonyl (C=O) groups is 1. The van der Waals surface area contributed by atoms with Crippen LogP contribution in [-0.2, 0) is 0 Å². The molecule has 1 aromatic heterocycles. The van der Waals surface area contributed by atoms with E-state index in [0.29, 0.717) is 11.5 Å². The molecular formula is C18H11NO6. The van der Waals surface area contributed by atoms with Crippen LogP contribution in [0.2, 0.25) is 0 Å². The first-order valence-electron chi connectivity index (χ1n) is 7.51. The lowest BCUT2D eigenvalue weighted by molar-refractivity contribution is 0.101. The van der Waals surface area contributed by atoms with Gasteiger partial charge in [-0.25, -0.2) is 0 Å². The summed E-state index contributed by atoms with van der Waals surface area (Å²) in [6, 6.07) is 6.06. The maximum absolute atomic E-state index is 12.5. The average molecular weight is 337 g/mol. The molecule has 3 heterocycles. The summed E-state index contributed by atoms with van der Waals surface area (Å²) in [7, 11) is 0. The molecule has 0 saturated heterocycles. The Morgan fingerprint density at radius 3 is 2.68 bits per heavy atom. The van der Waals surface area contributed by atoms with Crippen molar-refractivity contribution in [1.82, 2.24) is 4.98 Å². The summed E-state index contributed by atoms with van der Waals surface area (Å²) < 4.78 is 16.2. The van der Waals surface area contributed by atoms with Crippen molar-refractivity contribution in [3.63, 3.8) is 0 Å². The third kappa shape index (κ3) is 1.96. The van der Waals surface area contributed by atoms with Crippen LogP contribution in [-0.4, -0.2) is 27.8 Å². The van der Waals surface area contributed by atoms with Crippen molar-refractivity contribution >= 4 is 22.8 Å². The normalized spacial score (nSPS) is 16.5. The van der Waals surface area contributed by atoms with Gasteiger partial charge in [0.15, 0.2) is 17.3 Å². The second kappa shape index (κ2) is 4.70. The van der Waals surface area contributed by atoms with Crippen molar-refractivity contribution in [3.8, 4) is 28.7 Å². The second-order valence-electron chi connectivity index (χ2n) is 5.77. The second-order valence-corrected chi connectivity index (χ2v) is 5.77. The maximum Gasteiger partial charge on any atom is 0.235 e. The van der Waals surface area contributed by atoms with E-state index in [0.717, 1.165) is 22.5 Å². The first-order chi connectivity index (χ1) is 12.1. The van der Waals surface area contributed by atoms with Crippen LogP contribution in [0.5, 0.6) is 28.7 Å². The Labute approximate surface area is 140 Å². The van der Waals surface area contributed by atoms with Crippen molar-refractivity contribution in [2.75, 3.05) is 6.79 Å². The van der Waals surface area contributed by atoms with Crippen LogP contribution in [0.25, 0.3) is 17.0 Å². The minimum Gasteiger partial charge on any atom is -0.508 e. The highest BCUT2D eigenvalue weighted by atomic mass is 16.7. The molecule has 0 aliphatic carbocycles. The van der Waals surface area contributed by atoms with Crippen LogP contribution < -0.4 is 14.2 Å². The molecule has 124 valence electrons. The number of allylic oxidation sites excluding steroid dienone is 1. The molecule has 0 bridgehead atoms. The minimum atomic E-state index is -0.442. The number of aromatic amines is 1. The molecule has 0 atom stereocenters. The molecule has 2 aliphatic rings. The van der Waals surface area contributed by atoms with Crippen LogP contribution in [0, 0.1) is 0 Å². The number of H-pyrrole nitrogens is 1. The number of nitrogens with one attached hydrogen (secondary N) is 1. The van der Waals surface area contributed by atoms with Gasteiger partial charge in [-0.05, 0) is 12.1 Å². The maximum atomic E-state index is 12.5. The molecular weight excluding hydrogens is 326 g/mol. The van der Waals surface area contributed by atoms with Crippen LogP contribution in [0.15, 0.2) is 36.2 Å². The highest BCUT2D eigenvalue weighted by molar-refractivity contribution is 6.16. The number of hydrogen-bond donors (Lipinski definition) is 3. The summed E-state index contributed by atoms with van der Waals surface area (Å²) in [4.78, 5) is 15.6. The number of carbonyl (C=O) groups excluding carboxylic acids is 1. The number of ether oxygens (including phenoxy) is 3. The summed E-state index contributed by atoms with van der Waals surface area (Å²) >= 11 is 0. The molecule has 2 aliphatic heterocycles.